The molecule has 0 fully saturated rings. The van der Waals surface area contributed by atoms with E-state index in [-0.39, 0.29) is 0 Å². The van der Waals surface area contributed by atoms with E-state index in [0.29, 0.717) is 22.6 Å². The van der Waals surface area contributed by atoms with Gasteiger partial charge in [-0.05, 0) is 19.1 Å². The Balaban J connectivity index is 2.06. The first-order valence-electron chi connectivity index (χ1n) is 5.26. The number of aromatic nitrogens is 3. The lowest BCUT2D eigenvalue weighted by Gasteiger charge is -2.05. The summed E-state index contributed by atoms with van der Waals surface area (Å²) in [5.41, 5.74) is 2.28. The van der Waals surface area contributed by atoms with Gasteiger partial charge in [0.1, 0.15) is 0 Å². The number of nitrogens with zero attached hydrogens (tertiary/aromatic N) is 3. The molecular weight excluding hydrogens is 226 g/mol. The van der Waals surface area contributed by atoms with Crippen LogP contribution in [0.3, 0.4) is 0 Å². The highest BCUT2D eigenvalue weighted by atomic mass is 19.3. The van der Waals surface area contributed by atoms with Crippen LogP contribution in [0.1, 0.15) is 17.9 Å². The molecule has 2 aromatic rings. The molecular formula is C11H14F2N4. The van der Waals surface area contributed by atoms with Crippen molar-refractivity contribution in [1.29, 1.82) is 0 Å². The number of hydrogen-bond acceptors (Lipinski definition) is 2. The van der Waals surface area contributed by atoms with Gasteiger partial charge in [-0.15, -0.1) is 0 Å². The van der Waals surface area contributed by atoms with Crippen LogP contribution in [0.4, 0.5) is 14.5 Å². The average Bonchev–Trinajstić information content (AvgIpc) is 2.82. The maximum atomic E-state index is 12.4. The maximum absolute atomic E-state index is 12.4. The van der Waals surface area contributed by atoms with Crippen LogP contribution in [-0.4, -0.2) is 14.3 Å². The zero-order valence-corrected chi connectivity index (χ0v) is 9.69. The van der Waals surface area contributed by atoms with Gasteiger partial charge in [-0.1, -0.05) is 0 Å². The molecule has 0 aromatic carbocycles. The van der Waals surface area contributed by atoms with E-state index >= 15 is 0 Å². The van der Waals surface area contributed by atoms with Gasteiger partial charge >= 0.3 is 6.55 Å². The van der Waals surface area contributed by atoms with Gasteiger partial charge in [0.2, 0.25) is 0 Å². The highest BCUT2D eigenvalue weighted by Crippen LogP contribution is 2.18. The fourth-order valence-electron chi connectivity index (χ4n) is 1.62. The van der Waals surface area contributed by atoms with E-state index < -0.39 is 6.55 Å². The summed E-state index contributed by atoms with van der Waals surface area (Å²) in [5, 5.41) is 6.82. The molecule has 0 spiro atoms. The lowest BCUT2D eigenvalue weighted by atomic mass is 10.3. The highest BCUT2D eigenvalue weighted by molar-refractivity contribution is 5.45. The SMILES string of the molecule is Cc1nn(C(F)F)cc1NCc1cccn1C. The van der Waals surface area contributed by atoms with Gasteiger partial charge in [-0.2, -0.15) is 13.9 Å². The molecule has 0 saturated heterocycles. The molecule has 0 aliphatic carbocycles. The Hall–Kier alpha value is -1.85. The molecule has 2 aromatic heterocycles. The molecule has 0 aliphatic rings. The summed E-state index contributed by atoms with van der Waals surface area (Å²) < 4.78 is 27.4. The van der Waals surface area contributed by atoms with Gasteiger partial charge in [-0.25, -0.2) is 4.68 Å². The van der Waals surface area contributed by atoms with Gasteiger partial charge in [-0.3, -0.25) is 0 Å². The van der Waals surface area contributed by atoms with Crippen LogP contribution in [-0.2, 0) is 13.6 Å². The Morgan fingerprint density at radius 3 is 2.76 bits per heavy atom. The molecule has 0 atom stereocenters. The monoisotopic (exact) mass is 240 g/mol. The number of aryl methyl sites for hydroxylation is 2. The minimum absolute atomic E-state index is 0.569. The number of anilines is 1. The number of halogens is 2. The lowest BCUT2D eigenvalue weighted by molar-refractivity contribution is 0.0563. The van der Waals surface area contributed by atoms with Gasteiger partial charge < -0.3 is 9.88 Å². The van der Waals surface area contributed by atoms with Crippen LogP contribution in [0.5, 0.6) is 0 Å². The molecule has 6 heteroatoms. The van der Waals surface area contributed by atoms with Crippen molar-refractivity contribution in [1.82, 2.24) is 14.3 Å². The standard InChI is InChI=1S/C11H14F2N4/c1-8-10(7-17(15-8)11(12)13)14-6-9-4-3-5-16(9)2/h3-5,7,11,14H,6H2,1-2H3. The van der Waals surface area contributed by atoms with Crippen molar-refractivity contribution >= 4 is 5.69 Å². The molecule has 0 unspecified atom stereocenters. The molecule has 2 rings (SSSR count). The second-order valence-corrected chi connectivity index (χ2v) is 3.85. The van der Waals surface area contributed by atoms with Crippen molar-refractivity contribution in [3.8, 4) is 0 Å². The minimum Gasteiger partial charge on any atom is -0.377 e. The van der Waals surface area contributed by atoms with Gasteiger partial charge in [0.05, 0.1) is 24.1 Å². The van der Waals surface area contributed by atoms with Gasteiger partial charge in [0.25, 0.3) is 0 Å². The predicted octanol–water partition coefficient (Wildman–Crippen LogP) is 2.54. The van der Waals surface area contributed by atoms with Crippen LogP contribution in [0, 0.1) is 6.92 Å². The average molecular weight is 240 g/mol. The van der Waals surface area contributed by atoms with E-state index in [1.54, 1.807) is 6.92 Å². The molecule has 92 valence electrons. The number of hydrogen-bond donors (Lipinski definition) is 1. The van der Waals surface area contributed by atoms with E-state index in [1.165, 1.54) is 6.20 Å². The van der Waals surface area contributed by atoms with E-state index in [4.69, 9.17) is 0 Å². The fraction of sp³-hybridized carbons (Fsp3) is 0.364. The molecule has 0 radical (unpaired) electrons. The summed E-state index contributed by atoms with van der Waals surface area (Å²) in [6.07, 6.45) is 3.26. The Labute approximate surface area is 97.9 Å². The van der Waals surface area contributed by atoms with Crippen LogP contribution < -0.4 is 5.32 Å². The molecule has 0 amide bonds. The Morgan fingerprint density at radius 2 is 2.24 bits per heavy atom. The Kier molecular flexibility index (Phi) is 3.12. The first-order valence-corrected chi connectivity index (χ1v) is 5.26. The summed E-state index contributed by atoms with van der Waals surface area (Å²) in [5.74, 6) is 0. The summed E-state index contributed by atoms with van der Waals surface area (Å²) in [6.45, 7) is -0.315. The molecule has 0 bridgehead atoms. The van der Waals surface area contributed by atoms with E-state index in [1.807, 2.05) is 29.9 Å². The third-order valence-electron chi connectivity index (χ3n) is 2.63. The summed E-state index contributed by atoms with van der Waals surface area (Å²) in [4.78, 5) is 0. The first-order chi connectivity index (χ1) is 8.08. The van der Waals surface area contributed by atoms with Gasteiger partial charge in [0.15, 0.2) is 0 Å². The first kappa shape index (κ1) is 11.6. The largest absolute Gasteiger partial charge is 0.377 e. The fourth-order valence-corrected chi connectivity index (χ4v) is 1.62. The van der Waals surface area contributed by atoms with Crippen molar-refractivity contribution in [3.63, 3.8) is 0 Å². The van der Waals surface area contributed by atoms with E-state index in [0.717, 1.165) is 5.69 Å². The lowest BCUT2D eigenvalue weighted by Crippen LogP contribution is -2.04. The molecule has 2 heterocycles. The van der Waals surface area contributed by atoms with Crippen molar-refractivity contribution in [2.45, 2.75) is 20.0 Å². The summed E-state index contributed by atoms with van der Waals surface area (Å²) >= 11 is 0. The van der Waals surface area contributed by atoms with Crippen LogP contribution in [0.2, 0.25) is 0 Å². The molecule has 1 N–H and O–H groups in total. The third-order valence-corrected chi connectivity index (χ3v) is 2.63. The predicted molar refractivity (Wildman–Crippen MR) is 61.0 cm³/mol. The normalized spacial score (nSPS) is 11.1. The van der Waals surface area contributed by atoms with Crippen molar-refractivity contribution in [2.75, 3.05) is 5.32 Å². The second-order valence-electron chi connectivity index (χ2n) is 3.85. The quantitative estimate of drug-likeness (QED) is 0.891. The van der Waals surface area contributed by atoms with Crippen LogP contribution in [0.15, 0.2) is 24.5 Å². The third kappa shape index (κ3) is 2.46. The zero-order valence-electron chi connectivity index (χ0n) is 9.69. The molecule has 17 heavy (non-hydrogen) atoms. The number of alkyl halides is 2. The maximum Gasteiger partial charge on any atom is 0.333 e. The second kappa shape index (κ2) is 4.57. The Morgan fingerprint density at radius 1 is 1.47 bits per heavy atom. The summed E-state index contributed by atoms with van der Waals surface area (Å²) in [6, 6.07) is 3.91. The summed E-state index contributed by atoms with van der Waals surface area (Å²) in [7, 11) is 1.94. The highest BCUT2D eigenvalue weighted by Gasteiger charge is 2.11. The van der Waals surface area contributed by atoms with Crippen molar-refractivity contribution in [3.05, 3.63) is 35.9 Å². The minimum atomic E-state index is -2.60. The van der Waals surface area contributed by atoms with Crippen molar-refractivity contribution in [2.24, 2.45) is 7.05 Å². The topological polar surface area (TPSA) is 34.8 Å². The van der Waals surface area contributed by atoms with E-state index in [2.05, 4.69) is 10.4 Å². The van der Waals surface area contributed by atoms with E-state index in [9.17, 15) is 8.78 Å². The molecule has 0 saturated carbocycles. The van der Waals surface area contributed by atoms with Crippen LogP contribution >= 0.6 is 0 Å². The smallest absolute Gasteiger partial charge is 0.333 e. The molecule has 0 aliphatic heterocycles. The Bertz CT molecular complexity index is 501. The van der Waals surface area contributed by atoms with Crippen LogP contribution in [0.25, 0.3) is 0 Å². The molecule has 4 nitrogen and oxygen atoms in total. The zero-order chi connectivity index (χ0) is 12.4. The number of rotatable bonds is 4. The number of nitrogens with one attached hydrogen (secondary N) is 1. The van der Waals surface area contributed by atoms with Gasteiger partial charge in [0, 0.05) is 18.9 Å². The van der Waals surface area contributed by atoms with Crippen molar-refractivity contribution < 1.29 is 8.78 Å².